The van der Waals surface area contributed by atoms with E-state index in [0.29, 0.717) is 11.7 Å². The number of hydrogen-bond acceptors (Lipinski definition) is 4. The molecule has 5 rings (SSSR count). The Bertz CT molecular complexity index is 1390. The summed E-state index contributed by atoms with van der Waals surface area (Å²) in [5.74, 6) is -0.946. The Balaban J connectivity index is 1.62. The van der Waals surface area contributed by atoms with Gasteiger partial charge in [-0.3, -0.25) is 9.97 Å². The summed E-state index contributed by atoms with van der Waals surface area (Å²) in [4.78, 5) is 22.5. The average Bonchev–Trinajstić information content (AvgIpc) is 3.35. The third-order valence-electron chi connectivity index (χ3n) is 6.44. The summed E-state index contributed by atoms with van der Waals surface area (Å²) in [5.41, 5.74) is 6.25. The van der Waals surface area contributed by atoms with Gasteiger partial charge in [-0.05, 0) is 85.7 Å². The highest BCUT2D eigenvalue weighted by Crippen LogP contribution is 2.42. The summed E-state index contributed by atoms with van der Waals surface area (Å²) < 4.78 is 2.10. The minimum Gasteiger partial charge on any atom is -0.478 e. The molecule has 0 unspecified atom stereocenters. The van der Waals surface area contributed by atoms with Gasteiger partial charge in [0.1, 0.15) is 0 Å². The lowest BCUT2D eigenvalue weighted by Crippen LogP contribution is -2.29. The highest BCUT2D eigenvalue weighted by Gasteiger charge is 2.41. The van der Waals surface area contributed by atoms with Crippen LogP contribution in [0, 0.1) is 13.8 Å². The van der Waals surface area contributed by atoms with Gasteiger partial charge in [-0.1, -0.05) is 12.1 Å². The Labute approximate surface area is 209 Å². The molecule has 2 N–H and O–H groups in total. The number of aromatic nitrogens is 3. The first-order chi connectivity index (χ1) is 16.9. The monoisotopic (exact) mass is 483 g/mol. The van der Waals surface area contributed by atoms with Gasteiger partial charge in [0.25, 0.3) is 0 Å². The molecule has 1 aliphatic rings. The molecule has 0 bridgehead atoms. The van der Waals surface area contributed by atoms with Crippen LogP contribution in [0.2, 0.25) is 0 Å². The van der Waals surface area contributed by atoms with Gasteiger partial charge in [0.2, 0.25) is 0 Å². The van der Waals surface area contributed by atoms with E-state index in [9.17, 15) is 9.90 Å². The Morgan fingerprint density at radius 3 is 2.57 bits per heavy atom. The van der Waals surface area contributed by atoms with Crippen molar-refractivity contribution in [3.8, 4) is 5.69 Å². The fourth-order valence-corrected chi connectivity index (χ4v) is 5.17. The van der Waals surface area contributed by atoms with Crippen LogP contribution in [0.5, 0.6) is 0 Å². The summed E-state index contributed by atoms with van der Waals surface area (Å²) in [6.45, 7) is 4.73. The van der Waals surface area contributed by atoms with Gasteiger partial charge in [-0.2, -0.15) is 0 Å². The minimum absolute atomic E-state index is 0.104. The number of carbonyl (C=O) groups is 1. The van der Waals surface area contributed by atoms with E-state index >= 15 is 0 Å². The predicted octanol–water partition coefficient (Wildman–Crippen LogP) is 4.76. The van der Waals surface area contributed by atoms with Gasteiger partial charge in [-0.15, -0.1) is 0 Å². The maximum absolute atomic E-state index is 11.6. The van der Waals surface area contributed by atoms with E-state index in [1.165, 1.54) is 0 Å². The molecule has 3 aromatic heterocycles. The van der Waals surface area contributed by atoms with Crippen molar-refractivity contribution in [3.05, 3.63) is 113 Å². The van der Waals surface area contributed by atoms with E-state index in [1.54, 1.807) is 36.8 Å². The van der Waals surface area contributed by atoms with Crippen LogP contribution in [0.3, 0.4) is 0 Å². The SMILES string of the molecule is Cc1cc([C@H]2[C@@H](c3ccccn3)NC(=S)N2Cc2ccncc2)c(C)n1-c1cccc(C(=O)O)c1. The Hall–Kier alpha value is -4.04. The number of hydrogen-bond donors (Lipinski definition) is 2. The highest BCUT2D eigenvalue weighted by atomic mass is 32.1. The summed E-state index contributed by atoms with van der Waals surface area (Å²) in [5, 5.41) is 13.7. The Morgan fingerprint density at radius 2 is 1.86 bits per heavy atom. The van der Waals surface area contributed by atoms with E-state index in [1.807, 2.05) is 43.3 Å². The topological polar surface area (TPSA) is 83.3 Å². The third-order valence-corrected chi connectivity index (χ3v) is 6.79. The van der Waals surface area contributed by atoms with Crippen LogP contribution in [0.15, 0.2) is 79.3 Å². The molecule has 4 aromatic rings. The van der Waals surface area contributed by atoms with Crippen molar-refractivity contribution >= 4 is 23.3 Å². The molecule has 2 atom stereocenters. The van der Waals surface area contributed by atoms with Crippen LogP contribution < -0.4 is 5.32 Å². The molecule has 1 aliphatic heterocycles. The predicted molar refractivity (Wildman–Crippen MR) is 137 cm³/mol. The highest BCUT2D eigenvalue weighted by molar-refractivity contribution is 7.80. The lowest BCUT2D eigenvalue weighted by atomic mass is 9.96. The van der Waals surface area contributed by atoms with Gasteiger partial charge in [-0.25, -0.2) is 4.79 Å². The second kappa shape index (κ2) is 9.31. The van der Waals surface area contributed by atoms with Crippen LogP contribution in [0.4, 0.5) is 0 Å². The van der Waals surface area contributed by atoms with Crippen LogP contribution >= 0.6 is 12.2 Å². The van der Waals surface area contributed by atoms with Gasteiger partial charge >= 0.3 is 5.97 Å². The molecule has 35 heavy (non-hydrogen) atoms. The molecule has 1 aromatic carbocycles. The Kier molecular flexibility index (Phi) is 6.05. The minimum atomic E-state index is -0.946. The fraction of sp³-hybridized carbons (Fsp3) is 0.185. The number of aromatic carboxylic acids is 1. The smallest absolute Gasteiger partial charge is 0.335 e. The van der Waals surface area contributed by atoms with Gasteiger partial charge in [0.15, 0.2) is 5.11 Å². The third kappa shape index (κ3) is 4.28. The number of benzene rings is 1. The molecular formula is C27H25N5O2S. The zero-order valence-electron chi connectivity index (χ0n) is 19.4. The van der Waals surface area contributed by atoms with Crippen molar-refractivity contribution in [1.82, 2.24) is 24.8 Å². The maximum atomic E-state index is 11.6. The normalized spacial score (nSPS) is 17.4. The van der Waals surface area contributed by atoms with Crippen LogP contribution in [0.1, 0.15) is 50.7 Å². The zero-order chi connectivity index (χ0) is 24.5. The molecule has 1 fully saturated rings. The van der Waals surface area contributed by atoms with Crippen molar-refractivity contribution in [3.63, 3.8) is 0 Å². The summed E-state index contributed by atoms with van der Waals surface area (Å²) in [7, 11) is 0. The zero-order valence-corrected chi connectivity index (χ0v) is 20.2. The standard InChI is InChI=1S/C27H25N5O2S/c1-17-14-22(18(2)32(17)21-7-5-6-20(15-21)26(33)34)25-24(23-8-3-4-11-29-23)30-27(35)31(25)16-19-9-12-28-13-10-19/h3-15,24-25H,16H2,1-2H3,(H,30,35)(H,33,34)/t24-,25+/m1/s1. The summed E-state index contributed by atoms with van der Waals surface area (Å²) in [6, 6.07) is 18.8. The second-order valence-electron chi connectivity index (χ2n) is 8.63. The van der Waals surface area contributed by atoms with Crippen molar-refractivity contribution in [2.24, 2.45) is 0 Å². The number of carboxylic acid groups (broad SMARTS) is 1. The first kappa shape index (κ1) is 22.7. The van der Waals surface area contributed by atoms with Crippen molar-refractivity contribution < 1.29 is 9.90 Å². The number of pyridine rings is 2. The number of nitrogens with zero attached hydrogens (tertiary/aromatic N) is 4. The first-order valence-electron chi connectivity index (χ1n) is 11.3. The number of carboxylic acids is 1. The Morgan fingerprint density at radius 1 is 1.06 bits per heavy atom. The number of nitrogens with one attached hydrogen (secondary N) is 1. The van der Waals surface area contributed by atoms with E-state index in [0.717, 1.165) is 33.9 Å². The van der Waals surface area contributed by atoms with E-state index < -0.39 is 5.97 Å². The fourth-order valence-electron chi connectivity index (χ4n) is 4.86. The molecule has 0 aliphatic carbocycles. The number of rotatable bonds is 6. The molecule has 7 nitrogen and oxygen atoms in total. The van der Waals surface area contributed by atoms with Crippen LogP contribution in [-0.2, 0) is 6.54 Å². The van der Waals surface area contributed by atoms with E-state index in [-0.39, 0.29) is 17.6 Å². The molecular weight excluding hydrogens is 458 g/mol. The summed E-state index contributed by atoms with van der Waals surface area (Å²) >= 11 is 5.82. The van der Waals surface area contributed by atoms with E-state index in [4.69, 9.17) is 12.2 Å². The van der Waals surface area contributed by atoms with Crippen LogP contribution in [-0.4, -0.2) is 35.6 Å². The van der Waals surface area contributed by atoms with Gasteiger partial charge in [0.05, 0.1) is 23.3 Å². The van der Waals surface area contributed by atoms with E-state index in [2.05, 4.69) is 37.7 Å². The lowest BCUT2D eigenvalue weighted by Gasteiger charge is -2.28. The lowest BCUT2D eigenvalue weighted by molar-refractivity contribution is 0.0697. The van der Waals surface area contributed by atoms with Crippen LogP contribution in [0.25, 0.3) is 5.69 Å². The number of aryl methyl sites for hydroxylation is 1. The molecule has 0 radical (unpaired) electrons. The molecule has 1 saturated heterocycles. The molecule has 0 spiro atoms. The largest absolute Gasteiger partial charge is 0.478 e. The molecule has 0 saturated carbocycles. The molecule has 176 valence electrons. The van der Waals surface area contributed by atoms with Crippen molar-refractivity contribution in [2.75, 3.05) is 0 Å². The molecule has 4 heterocycles. The number of thiocarbonyl (C=S) groups is 1. The van der Waals surface area contributed by atoms with Crippen molar-refractivity contribution in [2.45, 2.75) is 32.5 Å². The van der Waals surface area contributed by atoms with Gasteiger partial charge in [0, 0.05) is 42.2 Å². The first-order valence-corrected chi connectivity index (χ1v) is 11.7. The quantitative estimate of drug-likeness (QED) is 0.383. The average molecular weight is 484 g/mol. The molecule has 0 amide bonds. The van der Waals surface area contributed by atoms with Crippen molar-refractivity contribution in [1.29, 1.82) is 0 Å². The maximum Gasteiger partial charge on any atom is 0.335 e. The second-order valence-corrected chi connectivity index (χ2v) is 9.01. The van der Waals surface area contributed by atoms with Gasteiger partial charge < -0.3 is 19.9 Å². The summed E-state index contributed by atoms with van der Waals surface area (Å²) in [6.07, 6.45) is 5.37. The molecule has 8 heteroatoms.